The molecular formula is C13H15N2O5PS. The van der Waals surface area contributed by atoms with E-state index in [4.69, 9.17) is 5.11 Å². The number of nitrogens with zero attached hydrogens (tertiary/aromatic N) is 1. The monoisotopic (exact) mass is 342 g/mol. The normalized spacial score (nSPS) is 20.5. The van der Waals surface area contributed by atoms with Crippen LogP contribution in [0, 0.1) is 0 Å². The lowest BCUT2D eigenvalue weighted by molar-refractivity contribution is -0.119. The topological polar surface area (TPSA) is 95.9 Å². The summed E-state index contributed by atoms with van der Waals surface area (Å²) in [5.41, 5.74) is 0.421. The number of carboxylic acids is 1. The lowest BCUT2D eigenvalue weighted by Gasteiger charge is -2.22. The molecule has 0 aromatic heterocycles. The minimum absolute atomic E-state index is 0.0671. The summed E-state index contributed by atoms with van der Waals surface area (Å²) in [5, 5.41) is 11.4. The van der Waals surface area contributed by atoms with E-state index in [9.17, 15) is 14.4 Å². The van der Waals surface area contributed by atoms with E-state index in [0.29, 0.717) is 18.7 Å². The smallest absolute Gasteiger partial charge is 0.412 e. The molecule has 1 saturated heterocycles. The van der Waals surface area contributed by atoms with Crippen molar-refractivity contribution in [2.75, 3.05) is 11.9 Å². The number of aromatic carboxylic acids is 1. The molecule has 0 radical (unpaired) electrons. The maximum Gasteiger partial charge on any atom is 0.412 e. The van der Waals surface area contributed by atoms with Gasteiger partial charge in [0.05, 0.1) is 15.0 Å². The first-order chi connectivity index (χ1) is 10.4. The lowest BCUT2D eigenvalue weighted by Crippen LogP contribution is -2.42. The molecule has 2 amide bonds. The number of benzene rings is 1. The van der Waals surface area contributed by atoms with E-state index in [2.05, 4.69) is 22.5 Å². The maximum absolute atomic E-state index is 12.3. The van der Waals surface area contributed by atoms with E-state index >= 15 is 0 Å². The highest BCUT2D eigenvalue weighted by Gasteiger charge is 2.39. The van der Waals surface area contributed by atoms with Gasteiger partial charge in [-0.2, -0.15) is 12.6 Å². The highest BCUT2D eigenvalue weighted by molar-refractivity contribution is 7.81. The van der Waals surface area contributed by atoms with Crippen molar-refractivity contribution in [3.8, 4) is 0 Å². The Hall–Kier alpha value is -1.79. The maximum atomic E-state index is 12.3. The zero-order valence-corrected chi connectivity index (χ0v) is 13.5. The second-order valence-electron chi connectivity index (χ2n) is 4.82. The van der Waals surface area contributed by atoms with Crippen LogP contribution in [0.2, 0.25) is 0 Å². The van der Waals surface area contributed by atoms with Crippen LogP contribution in [0.25, 0.3) is 0 Å². The van der Waals surface area contributed by atoms with Gasteiger partial charge < -0.3 is 14.9 Å². The number of nitrogens with one attached hydrogen (secondary N) is 1. The van der Waals surface area contributed by atoms with Crippen molar-refractivity contribution in [1.82, 2.24) is 4.90 Å². The van der Waals surface area contributed by atoms with Crippen LogP contribution < -0.4 is 5.32 Å². The first-order valence-corrected chi connectivity index (χ1v) is 7.40. The number of hydrogen-bond acceptors (Lipinski definition) is 5. The Morgan fingerprint density at radius 1 is 1.41 bits per heavy atom. The van der Waals surface area contributed by atoms with Crippen LogP contribution in [0.3, 0.4) is 0 Å². The van der Waals surface area contributed by atoms with Gasteiger partial charge in [0.15, 0.2) is 0 Å². The van der Waals surface area contributed by atoms with Crippen LogP contribution >= 0.6 is 22.1 Å². The number of hydrogen-bond donors (Lipinski definition) is 3. The molecule has 118 valence electrons. The highest BCUT2D eigenvalue weighted by Crippen LogP contribution is 2.24. The van der Waals surface area contributed by atoms with Crippen LogP contribution in [0.1, 0.15) is 16.8 Å². The Bertz CT molecular complexity index is 612. The SMILES string of the molecule is O=C(O)c1cccc(NC(=O)[C@@H]2C[C@H](S)CN2C(=O)OP)c1. The third kappa shape index (κ3) is 3.69. The molecule has 1 aliphatic rings. The molecule has 0 bridgehead atoms. The fourth-order valence-electron chi connectivity index (χ4n) is 2.29. The summed E-state index contributed by atoms with van der Waals surface area (Å²) in [6.07, 6.45) is -0.228. The number of thiol groups is 1. The molecule has 2 N–H and O–H groups in total. The summed E-state index contributed by atoms with van der Waals surface area (Å²) in [5.74, 6) is -1.49. The number of likely N-dealkylation sites (tertiary alicyclic amines) is 1. The number of rotatable bonds is 3. The van der Waals surface area contributed by atoms with Gasteiger partial charge in [0, 0.05) is 17.5 Å². The predicted octanol–water partition coefficient (Wildman–Crippen LogP) is 1.62. The standard InChI is InChI=1S/C13H15N2O5PS/c16-11(10-5-9(22)6-15(10)13(19)20-21)14-8-3-1-2-7(4-8)12(17)18/h1-4,9-10,22H,5-6,21H2,(H,14,16)(H,17,18)/t9-,10-/m0/s1. The summed E-state index contributed by atoms with van der Waals surface area (Å²) in [4.78, 5) is 36.2. The molecule has 1 aromatic rings. The van der Waals surface area contributed by atoms with E-state index in [0.717, 1.165) is 0 Å². The summed E-state index contributed by atoms with van der Waals surface area (Å²) in [6.45, 7) is 0.309. The Balaban J connectivity index is 2.12. The minimum atomic E-state index is -1.08. The molecule has 0 spiro atoms. The molecule has 1 heterocycles. The van der Waals surface area contributed by atoms with Crippen LogP contribution in [-0.4, -0.2) is 45.8 Å². The van der Waals surface area contributed by atoms with E-state index in [1.807, 2.05) is 9.47 Å². The second kappa shape index (κ2) is 6.98. The van der Waals surface area contributed by atoms with E-state index in [-0.39, 0.29) is 10.8 Å². The zero-order chi connectivity index (χ0) is 16.3. The first-order valence-electron chi connectivity index (χ1n) is 6.42. The first kappa shape index (κ1) is 16.6. The molecule has 0 aliphatic carbocycles. The Morgan fingerprint density at radius 2 is 2.14 bits per heavy atom. The molecule has 7 nitrogen and oxygen atoms in total. The van der Waals surface area contributed by atoms with E-state index in [1.54, 1.807) is 6.07 Å². The third-order valence-electron chi connectivity index (χ3n) is 3.29. The number of carbonyl (C=O) groups excluding carboxylic acids is 2. The molecule has 0 saturated carbocycles. The average Bonchev–Trinajstić information content (AvgIpc) is 2.88. The van der Waals surface area contributed by atoms with Gasteiger partial charge in [-0.15, -0.1) is 0 Å². The van der Waals surface area contributed by atoms with Gasteiger partial charge in [0.25, 0.3) is 0 Å². The molecule has 1 aromatic carbocycles. The molecule has 1 fully saturated rings. The summed E-state index contributed by atoms with van der Waals surface area (Å²) < 4.78 is 4.58. The number of anilines is 1. The molecule has 3 atom stereocenters. The van der Waals surface area contributed by atoms with Gasteiger partial charge in [-0.05, 0) is 24.6 Å². The molecule has 1 aliphatic heterocycles. The van der Waals surface area contributed by atoms with Crippen molar-refractivity contribution in [2.45, 2.75) is 17.7 Å². The molecule has 1 unspecified atom stereocenters. The fraction of sp³-hybridized carbons (Fsp3) is 0.308. The van der Waals surface area contributed by atoms with Gasteiger partial charge in [-0.25, -0.2) is 9.59 Å². The Labute approximate surface area is 134 Å². The van der Waals surface area contributed by atoms with Gasteiger partial charge in [-0.3, -0.25) is 9.69 Å². The van der Waals surface area contributed by atoms with Crippen LogP contribution in [0.4, 0.5) is 10.5 Å². The van der Waals surface area contributed by atoms with Gasteiger partial charge in [0.1, 0.15) is 6.04 Å². The van der Waals surface area contributed by atoms with Crippen molar-refractivity contribution in [3.63, 3.8) is 0 Å². The van der Waals surface area contributed by atoms with E-state index in [1.165, 1.54) is 23.1 Å². The lowest BCUT2D eigenvalue weighted by atomic mass is 10.1. The molecule has 9 heteroatoms. The largest absolute Gasteiger partial charge is 0.478 e. The van der Waals surface area contributed by atoms with Crippen LogP contribution in [0.5, 0.6) is 0 Å². The number of amides is 2. The fourth-order valence-corrected chi connectivity index (χ4v) is 2.80. The summed E-state index contributed by atoms with van der Waals surface area (Å²) in [6, 6.07) is 5.18. The summed E-state index contributed by atoms with van der Waals surface area (Å²) in [7, 11) is 1.85. The minimum Gasteiger partial charge on any atom is -0.478 e. The number of carbonyl (C=O) groups is 3. The predicted molar refractivity (Wildman–Crippen MR) is 86.1 cm³/mol. The van der Waals surface area contributed by atoms with Crippen molar-refractivity contribution in [1.29, 1.82) is 0 Å². The summed E-state index contributed by atoms with van der Waals surface area (Å²) >= 11 is 4.29. The quantitative estimate of drug-likeness (QED) is 0.573. The molecule has 22 heavy (non-hydrogen) atoms. The van der Waals surface area contributed by atoms with Gasteiger partial charge in [0.2, 0.25) is 5.91 Å². The van der Waals surface area contributed by atoms with Crippen LogP contribution in [0.15, 0.2) is 24.3 Å². The van der Waals surface area contributed by atoms with E-state index < -0.39 is 24.0 Å². The number of carboxylic acid groups (broad SMARTS) is 1. The Kier molecular flexibility index (Phi) is 5.26. The van der Waals surface area contributed by atoms with Crippen molar-refractivity contribution >= 4 is 45.8 Å². The van der Waals surface area contributed by atoms with Crippen molar-refractivity contribution in [2.24, 2.45) is 0 Å². The molecular weight excluding hydrogens is 327 g/mol. The van der Waals surface area contributed by atoms with Gasteiger partial charge in [-0.1, -0.05) is 6.07 Å². The molecule has 2 rings (SSSR count). The zero-order valence-electron chi connectivity index (χ0n) is 11.4. The van der Waals surface area contributed by atoms with Crippen LogP contribution in [-0.2, 0) is 9.32 Å². The van der Waals surface area contributed by atoms with Gasteiger partial charge >= 0.3 is 12.1 Å². The Morgan fingerprint density at radius 3 is 2.77 bits per heavy atom. The average molecular weight is 342 g/mol. The second-order valence-corrected chi connectivity index (χ2v) is 5.78. The third-order valence-corrected chi connectivity index (χ3v) is 3.87. The van der Waals surface area contributed by atoms with Crippen molar-refractivity contribution in [3.05, 3.63) is 29.8 Å². The highest BCUT2D eigenvalue weighted by atomic mass is 32.1. The van der Waals surface area contributed by atoms with Crippen molar-refractivity contribution < 1.29 is 24.0 Å².